The van der Waals surface area contributed by atoms with Gasteiger partial charge in [0.2, 0.25) is 0 Å². The number of rotatable bonds is 3. The summed E-state index contributed by atoms with van der Waals surface area (Å²) >= 11 is 0. The zero-order chi connectivity index (χ0) is 11.0. The minimum absolute atomic E-state index is 0.708. The molecule has 1 N–H and O–H groups in total. The Hall–Kier alpha value is -0.0800. The second-order valence-corrected chi connectivity index (χ2v) is 5.78. The van der Waals surface area contributed by atoms with E-state index in [0.29, 0.717) is 6.04 Å². The summed E-state index contributed by atoms with van der Waals surface area (Å²) in [5, 5.41) is 3.67. The van der Waals surface area contributed by atoms with Crippen molar-refractivity contribution in [2.45, 2.75) is 58.7 Å². The molecule has 0 aromatic carbocycles. The molecule has 1 saturated heterocycles. The van der Waals surface area contributed by atoms with Gasteiger partial charge in [0.25, 0.3) is 0 Å². The predicted octanol–water partition coefficient (Wildman–Crippen LogP) is 2.10. The molecule has 2 fully saturated rings. The van der Waals surface area contributed by atoms with Crippen LogP contribution in [0.4, 0.5) is 0 Å². The first-order valence-corrected chi connectivity index (χ1v) is 6.62. The molecule has 2 heteroatoms. The van der Waals surface area contributed by atoms with Gasteiger partial charge in [-0.05, 0) is 25.2 Å². The predicted molar refractivity (Wildman–Crippen MR) is 65.0 cm³/mol. The fourth-order valence-electron chi connectivity index (χ4n) is 2.90. The Morgan fingerprint density at radius 1 is 1.40 bits per heavy atom. The van der Waals surface area contributed by atoms with Gasteiger partial charge in [0.05, 0.1) is 0 Å². The fourth-order valence-corrected chi connectivity index (χ4v) is 2.90. The molecule has 1 aliphatic heterocycles. The molecule has 2 nitrogen and oxygen atoms in total. The summed E-state index contributed by atoms with van der Waals surface area (Å²) in [6.45, 7) is 11.8. The van der Waals surface area contributed by atoms with Crippen molar-refractivity contribution >= 4 is 0 Å². The quantitative estimate of drug-likeness (QED) is 0.767. The molecule has 1 aliphatic carbocycles. The van der Waals surface area contributed by atoms with Crippen LogP contribution in [0.2, 0.25) is 0 Å². The van der Waals surface area contributed by atoms with Crippen molar-refractivity contribution in [1.82, 2.24) is 10.2 Å². The van der Waals surface area contributed by atoms with Crippen molar-refractivity contribution in [3.63, 3.8) is 0 Å². The van der Waals surface area contributed by atoms with E-state index in [1.165, 1.54) is 25.9 Å². The Kier molecular flexibility index (Phi) is 3.36. The zero-order valence-corrected chi connectivity index (χ0v) is 10.7. The molecule has 2 aliphatic rings. The third kappa shape index (κ3) is 2.36. The molecular formula is C13H26N2. The van der Waals surface area contributed by atoms with Gasteiger partial charge < -0.3 is 5.32 Å². The van der Waals surface area contributed by atoms with Gasteiger partial charge in [0, 0.05) is 31.2 Å². The van der Waals surface area contributed by atoms with E-state index in [4.69, 9.17) is 0 Å². The van der Waals surface area contributed by atoms with E-state index in [0.717, 1.165) is 23.9 Å². The highest BCUT2D eigenvalue weighted by Gasteiger charge is 2.43. The van der Waals surface area contributed by atoms with E-state index in [2.05, 4.69) is 37.9 Å². The number of hydrogen-bond acceptors (Lipinski definition) is 2. The molecule has 15 heavy (non-hydrogen) atoms. The standard InChI is InChI=1S/C13H26N2/c1-5-11-6-13(11)15-8-12(9(2)3)14-7-10(15)4/h9-14H,5-8H2,1-4H3. The van der Waals surface area contributed by atoms with Gasteiger partial charge in [-0.3, -0.25) is 4.90 Å². The molecule has 0 radical (unpaired) electrons. The first-order valence-electron chi connectivity index (χ1n) is 6.62. The van der Waals surface area contributed by atoms with Crippen LogP contribution in [-0.2, 0) is 0 Å². The fraction of sp³-hybridized carbons (Fsp3) is 1.00. The van der Waals surface area contributed by atoms with Crippen LogP contribution in [0, 0.1) is 11.8 Å². The summed E-state index contributed by atoms with van der Waals surface area (Å²) in [5.74, 6) is 1.76. The smallest absolute Gasteiger partial charge is 0.0218 e. The topological polar surface area (TPSA) is 15.3 Å². The van der Waals surface area contributed by atoms with E-state index in [-0.39, 0.29) is 0 Å². The molecule has 0 spiro atoms. The number of hydrogen-bond donors (Lipinski definition) is 1. The van der Waals surface area contributed by atoms with E-state index in [9.17, 15) is 0 Å². The van der Waals surface area contributed by atoms with Gasteiger partial charge in [0.15, 0.2) is 0 Å². The number of nitrogens with one attached hydrogen (secondary N) is 1. The number of nitrogens with zero attached hydrogens (tertiary/aromatic N) is 1. The molecule has 0 aromatic heterocycles. The van der Waals surface area contributed by atoms with Crippen LogP contribution < -0.4 is 5.32 Å². The van der Waals surface area contributed by atoms with Crippen LogP contribution in [0.25, 0.3) is 0 Å². The molecular weight excluding hydrogens is 184 g/mol. The summed E-state index contributed by atoms with van der Waals surface area (Å²) in [7, 11) is 0. The van der Waals surface area contributed by atoms with Crippen LogP contribution >= 0.6 is 0 Å². The molecule has 1 heterocycles. The van der Waals surface area contributed by atoms with Crippen LogP contribution in [0.5, 0.6) is 0 Å². The first kappa shape index (κ1) is 11.4. The van der Waals surface area contributed by atoms with Gasteiger partial charge >= 0.3 is 0 Å². The lowest BCUT2D eigenvalue weighted by Gasteiger charge is -2.41. The Bertz CT molecular complexity index is 215. The highest BCUT2D eigenvalue weighted by Crippen LogP contribution is 2.40. The Morgan fingerprint density at radius 3 is 2.67 bits per heavy atom. The number of piperazine rings is 1. The third-order valence-electron chi connectivity index (χ3n) is 4.29. The second kappa shape index (κ2) is 4.42. The van der Waals surface area contributed by atoms with E-state index in [1.807, 2.05) is 0 Å². The van der Waals surface area contributed by atoms with Crippen molar-refractivity contribution < 1.29 is 0 Å². The Labute approximate surface area is 94.4 Å². The normalized spacial score (nSPS) is 42.2. The van der Waals surface area contributed by atoms with Gasteiger partial charge in [0.1, 0.15) is 0 Å². The van der Waals surface area contributed by atoms with Crippen molar-refractivity contribution in [1.29, 1.82) is 0 Å². The molecule has 0 amide bonds. The van der Waals surface area contributed by atoms with Gasteiger partial charge in [-0.1, -0.05) is 27.2 Å². The average molecular weight is 210 g/mol. The highest BCUT2D eigenvalue weighted by atomic mass is 15.3. The largest absolute Gasteiger partial charge is 0.311 e. The Balaban J connectivity index is 1.91. The zero-order valence-electron chi connectivity index (χ0n) is 10.7. The molecule has 88 valence electrons. The molecule has 0 aromatic rings. The summed E-state index contributed by atoms with van der Waals surface area (Å²) in [4.78, 5) is 2.76. The van der Waals surface area contributed by atoms with Crippen LogP contribution in [0.1, 0.15) is 40.5 Å². The van der Waals surface area contributed by atoms with Gasteiger partial charge in [-0.15, -0.1) is 0 Å². The van der Waals surface area contributed by atoms with Crippen LogP contribution in [0.3, 0.4) is 0 Å². The lowest BCUT2D eigenvalue weighted by atomic mass is 9.99. The maximum absolute atomic E-state index is 3.67. The van der Waals surface area contributed by atoms with Crippen LogP contribution in [-0.4, -0.2) is 36.1 Å². The van der Waals surface area contributed by atoms with E-state index >= 15 is 0 Å². The summed E-state index contributed by atoms with van der Waals surface area (Å²) in [6, 6.07) is 2.36. The molecule has 4 unspecified atom stereocenters. The molecule has 1 saturated carbocycles. The maximum Gasteiger partial charge on any atom is 0.0218 e. The van der Waals surface area contributed by atoms with Crippen molar-refractivity contribution in [2.75, 3.05) is 13.1 Å². The summed E-state index contributed by atoms with van der Waals surface area (Å²) < 4.78 is 0. The average Bonchev–Trinajstić information content (AvgIpc) is 2.97. The van der Waals surface area contributed by atoms with Gasteiger partial charge in [-0.25, -0.2) is 0 Å². The summed E-state index contributed by atoms with van der Waals surface area (Å²) in [5.41, 5.74) is 0. The first-order chi connectivity index (χ1) is 7.13. The Morgan fingerprint density at radius 2 is 2.13 bits per heavy atom. The highest BCUT2D eigenvalue weighted by molar-refractivity contribution is 4.99. The maximum atomic E-state index is 3.67. The monoisotopic (exact) mass is 210 g/mol. The van der Waals surface area contributed by atoms with E-state index < -0.39 is 0 Å². The van der Waals surface area contributed by atoms with E-state index in [1.54, 1.807) is 0 Å². The van der Waals surface area contributed by atoms with Gasteiger partial charge in [-0.2, -0.15) is 0 Å². The summed E-state index contributed by atoms with van der Waals surface area (Å²) in [6.07, 6.45) is 2.82. The van der Waals surface area contributed by atoms with Crippen molar-refractivity contribution in [3.05, 3.63) is 0 Å². The molecule has 2 rings (SSSR count). The third-order valence-corrected chi connectivity index (χ3v) is 4.29. The molecule has 4 atom stereocenters. The SMILES string of the molecule is CCC1CC1N1CC(C(C)C)NCC1C. The molecule has 0 bridgehead atoms. The lowest BCUT2D eigenvalue weighted by molar-refractivity contribution is 0.109. The minimum atomic E-state index is 0.708. The van der Waals surface area contributed by atoms with Crippen molar-refractivity contribution in [2.24, 2.45) is 11.8 Å². The minimum Gasteiger partial charge on any atom is -0.311 e. The lowest BCUT2D eigenvalue weighted by Crippen LogP contribution is -2.57. The van der Waals surface area contributed by atoms with Crippen molar-refractivity contribution in [3.8, 4) is 0 Å². The van der Waals surface area contributed by atoms with Crippen LogP contribution in [0.15, 0.2) is 0 Å². The second-order valence-electron chi connectivity index (χ2n) is 5.78.